The fourth-order valence-electron chi connectivity index (χ4n) is 3.70. The Hall–Kier alpha value is -2.33. The first kappa shape index (κ1) is 14.3. The lowest BCUT2D eigenvalue weighted by Gasteiger charge is -2.38. The number of halogens is 1. The molecule has 5 heteroatoms. The molecule has 0 fully saturated rings. The van der Waals surface area contributed by atoms with Crippen LogP contribution in [-0.2, 0) is 0 Å². The Morgan fingerprint density at radius 1 is 1.30 bits per heavy atom. The van der Waals surface area contributed by atoms with E-state index < -0.39 is 5.97 Å². The summed E-state index contributed by atoms with van der Waals surface area (Å²) in [4.78, 5) is 16.0. The number of rotatable bonds is 2. The van der Waals surface area contributed by atoms with Crippen LogP contribution in [0.25, 0.3) is 0 Å². The van der Waals surface area contributed by atoms with Gasteiger partial charge in [-0.15, -0.1) is 0 Å². The van der Waals surface area contributed by atoms with E-state index in [-0.39, 0.29) is 23.4 Å². The third-order valence-electron chi connectivity index (χ3n) is 4.70. The van der Waals surface area contributed by atoms with Crippen molar-refractivity contribution in [3.63, 3.8) is 0 Å². The molecule has 23 heavy (non-hydrogen) atoms. The second-order valence-electron chi connectivity index (χ2n) is 5.90. The van der Waals surface area contributed by atoms with Gasteiger partial charge in [0.15, 0.2) is 0 Å². The molecular weight excluding hydrogens is 312 g/mol. The standard InChI is InChI=1S/C18H15ClN2O2/c19-13-8-7-12(18(22)23)15-10-4-3-5-11(10)16(21-17(13)15)14-6-1-2-9-20-14/h1-4,6-11,16,21H,5H2,(H,22,23)/p-1/t10-,11+,16-/m0/s1. The number of hydrogen-bond donors (Lipinski definition) is 1. The van der Waals surface area contributed by atoms with Gasteiger partial charge in [0.2, 0.25) is 0 Å². The number of carbonyl (C=O) groups is 1. The summed E-state index contributed by atoms with van der Waals surface area (Å²) in [5.41, 5.74) is 2.55. The molecule has 2 aliphatic rings. The van der Waals surface area contributed by atoms with Gasteiger partial charge in [-0.1, -0.05) is 35.9 Å². The largest absolute Gasteiger partial charge is 0.545 e. The van der Waals surface area contributed by atoms with Crippen molar-refractivity contribution in [3.05, 3.63) is 70.5 Å². The summed E-state index contributed by atoms with van der Waals surface area (Å²) in [6, 6.07) is 8.95. The number of hydrogen-bond acceptors (Lipinski definition) is 4. The fraction of sp³-hybridized carbons (Fsp3) is 0.222. The zero-order chi connectivity index (χ0) is 16.0. The molecule has 0 bridgehead atoms. The first-order valence-corrected chi connectivity index (χ1v) is 7.92. The molecule has 0 spiro atoms. The molecule has 116 valence electrons. The summed E-state index contributed by atoms with van der Waals surface area (Å²) in [5.74, 6) is -0.950. The van der Waals surface area contributed by atoms with Crippen LogP contribution >= 0.6 is 11.6 Å². The number of fused-ring (bicyclic) bond motifs is 3. The maximum Gasteiger partial charge on any atom is 0.0725 e. The third kappa shape index (κ3) is 2.21. The van der Waals surface area contributed by atoms with E-state index in [1.807, 2.05) is 18.2 Å². The smallest absolute Gasteiger partial charge is 0.0725 e. The van der Waals surface area contributed by atoms with E-state index in [1.165, 1.54) is 6.07 Å². The molecule has 0 radical (unpaired) electrons. The van der Waals surface area contributed by atoms with Crippen molar-refractivity contribution in [1.29, 1.82) is 0 Å². The molecule has 0 saturated heterocycles. The number of aromatic nitrogens is 1. The molecule has 0 amide bonds. The average Bonchev–Trinajstić information content (AvgIpc) is 3.05. The molecule has 1 N–H and O–H groups in total. The van der Waals surface area contributed by atoms with Crippen molar-refractivity contribution in [1.82, 2.24) is 4.98 Å². The van der Waals surface area contributed by atoms with E-state index >= 15 is 0 Å². The number of carboxylic acids is 1. The van der Waals surface area contributed by atoms with E-state index in [0.717, 1.165) is 17.7 Å². The molecule has 1 aliphatic heterocycles. The van der Waals surface area contributed by atoms with Gasteiger partial charge in [-0.25, -0.2) is 0 Å². The molecule has 4 nitrogen and oxygen atoms in total. The Balaban J connectivity index is 1.89. The minimum atomic E-state index is -1.17. The number of carbonyl (C=O) groups excluding carboxylic acids is 1. The van der Waals surface area contributed by atoms with Gasteiger partial charge in [-0.05, 0) is 36.1 Å². The summed E-state index contributed by atoms with van der Waals surface area (Å²) < 4.78 is 0. The van der Waals surface area contributed by atoms with Crippen LogP contribution in [0.4, 0.5) is 5.69 Å². The quantitative estimate of drug-likeness (QED) is 0.862. The van der Waals surface area contributed by atoms with Crippen molar-refractivity contribution < 1.29 is 9.90 Å². The number of pyridine rings is 1. The number of anilines is 1. The number of allylic oxidation sites excluding steroid dienone is 2. The zero-order valence-electron chi connectivity index (χ0n) is 12.2. The molecule has 2 heterocycles. The van der Waals surface area contributed by atoms with Gasteiger partial charge in [0.1, 0.15) is 0 Å². The van der Waals surface area contributed by atoms with Crippen LogP contribution in [0.2, 0.25) is 5.02 Å². The Bertz CT molecular complexity index is 804. The van der Waals surface area contributed by atoms with Crippen molar-refractivity contribution in [2.75, 3.05) is 5.32 Å². The van der Waals surface area contributed by atoms with Crippen molar-refractivity contribution in [3.8, 4) is 0 Å². The Morgan fingerprint density at radius 3 is 2.91 bits per heavy atom. The van der Waals surface area contributed by atoms with Gasteiger partial charge < -0.3 is 15.2 Å². The van der Waals surface area contributed by atoms with Crippen LogP contribution in [-0.4, -0.2) is 11.0 Å². The lowest BCUT2D eigenvalue weighted by Crippen LogP contribution is -2.33. The first-order valence-electron chi connectivity index (χ1n) is 7.54. The van der Waals surface area contributed by atoms with Crippen LogP contribution in [0.3, 0.4) is 0 Å². The summed E-state index contributed by atoms with van der Waals surface area (Å²) >= 11 is 6.34. The Morgan fingerprint density at radius 2 is 2.17 bits per heavy atom. The number of carboxylic acid groups (broad SMARTS) is 1. The minimum absolute atomic E-state index is 0.00166. The van der Waals surface area contributed by atoms with Gasteiger partial charge in [0.25, 0.3) is 0 Å². The van der Waals surface area contributed by atoms with Gasteiger partial charge in [0.05, 0.1) is 28.4 Å². The molecule has 2 aromatic rings. The summed E-state index contributed by atoms with van der Waals surface area (Å²) in [7, 11) is 0. The van der Waals surface area contributed by atoms with E-state index in [4.69, 9.17) is 11.6 Å². The lowest BCUT2D eigenvalue weighted by molar-refractivity contribution is -0.255. The number of nitrogens with one attached hydrogen (secondary N) is 1. The van der Waals surface area contributed by atoms with Gasteiger partial charge in [0, 0.05) is 17.7 Å². The van der Waals surface area contributed by atoms with Crippen LogP contribution in [0.5, 0.6) is 0 Å². The third-order valence-corrected chi connectivity index (χ3v) is 5.01. The van der Waals surface area contributed by atoms with Crippen molar-refractivity contribution in [2.24, 2.45) is 5.92 Å². The Labute approximate surface area is 138 Å². The van der Waals surface area contributed by atoms with Gasteiger partial charge >= 0.3 is 0 Å². The molecular formula is C18H14ClN2O2-. The SMILES string of the molecule is O=C([O-])c1ccc(Cl)c2c1[C@H]1C=CC[C@H]1[C@@H](c1ccccn1)N2. The fourth-order valence-corrected chi connectivity index (χ4v) is 3.92. The molecule has 1 aromatic carbocycles. The lowest BCUT2D eigenvalue weighted by atomic mass is 9.76. The van der Waals surface area contributed by atoms with Crippen molar-refractivity contribution >= 4 is 23.3 Å². The van der Waals surface area contributed by atoms with Crippen molar-refractivity contribution in [2.45, 2.75) is 18.4 Å². The van der Waals surface area contributed by atoms with Crippen LogP contribution in [0.1, 0.15) is 40.0 Å². The normalized spacial score (nSPS) is 24.7. The van der Waals surface area contributed by atoms with E-state index in [2.05, 4.69) is 22.5 Å². The molecule has 1 aliphatic carbocycles. The summed E-state index contributed by atoms with van der Waals surface area (Å²) in [6.07, 6.45) is 6.81. The van der Waals surface area contributed by atoms with E-state index in [9.17, 15) is 9.90 Å². The summed E-state index contributed by atoms with van der Waals surface area (Å²) in [5, 5.41) is 15.4. The van der Waals surface area contributed by atoms with Crippen LogP contribution in [0, 0.1) is 5.92 Å². The maximum atomic E-state index is 11.5. The predicted molar refractivity (Wildman–Crippen MR) is 86.4 cm³/mol. The summed E-state index contributed by atoms with van der Waals surface area (Å²) in [6.45, 7) is 0. The van der Waals surface area contributed by atoms with E-state index in [1.54, 1.807) is 12.3 Å². The highest BCUT2D eigenvalue weighted by molar-refractivity contribution is 6.33. The van der Waals surface area contributed by atoms with E-state index in [0.29, 0.717) is 10.7 Å². The van der Waals surface area contributed by atoms with Crippen LogP contribution < -0.4 is 10.4 Å². The molecule has 0 saturated carbocycles. The number of benzene rings is 1. The number of nitrogens with zero attached hydrogens (tertiary/aromatic N) is 1. The maximum absolute atomic E-state index is 11.5. The van der Waals surface area contributed by atoms with Gasteiger partial charge in [-0.3, -0.25) is 4.98 Å². The predicted octanol–water partition coefficient (Wildman–Crippen LogP) is 2.92. The highest BCUT2D eigenvalue weighted by atomic mass is 35.5. The monoisotopic (exact) mass is 325 g/mol. The highest BCUT2D eigenvalue weighted by Crippen LogP contribution is 2.52. The molecule has 3 atom stereocenters. The highest BCUT2D eigenvalue weighted by Gasteiger charge is 2.40. The Kier molecular flexibility index (Phi) is 3.34. The first-order chi connectivity index (χ1) is 11.2. The second kappa shape index (κ2) is 5.39. The molecule has 4 rings (SSSR count). The second-order valence-corrected chi connectivity index (χ2v) is 6.31. The topological polar surface area (TPSA) is 65.0 Å². The van der Waals surface area contributed by atoms with Crippen LogP contribution in [0.15, 0.2) is 48.7 Å². The average molecular weight is 326 g/mol. The number of aromatic carboxylic acids is 1. The zero-order valence-corrected chi connectivity index (χ0v) is 13.0. The minimum Gasteiger partial charge on any atom is -0.545 e. The molecule has 0 unspecified atom stereocenters. The van der Waals surface area contributed by atoms with Gasteiger partial charge in [-0.2, -0.15) is 0 Å². The molecule has 1 aromatic heterocycles.